The van der Waals surface area contributed by atoms with E-state index in [-0.39, 0.29) is 23.8 Å². The van der Waals surface area contributed by atoms with Crippen molar-refractivity contribution in [2.24, 2.45) is 0 Å². The SMILES string of the molecule is CC(C)c1c(C(=O)NC2CCN(C(=O)c3ccncc3)CC2)cnn1-c1ccc(Cl)cc1. The van der Waals surface area contributed by atoms with Gasteiger partial charge in [0.2, 0.25) is 0 Å². The highest BCUT2D eigenvalue weighted by Gasteiger charge is 2.27. The van der Waals surface area contributed by atoms with Gasteiger partial charge in [0.1, 0.15) is 0 Å². The largest absolute Gasteiger partial charge is 0.349 e. The fourth-order valence-corrected chi connectivity index (χ4v) is 4.17. The molecule has 0 bridgehead atoms. The molecule has 1 fully saturated rings. The first-order chi connectivity index (χ1) is 15.4. The van der Waals surface area contributed by atoms with Crippen molar-refractivity contribution >= 4 is 23.4 Å². The van der Waals surface area contributed by atoms with Crippen molar-refractivity contribution in [1.29, 1.82) is 0 Å². The van der Waals surface area contributed by atoms with Gasteiger partial charge < -0.3 is 10.2 Å². The average molecular weight is 452 g/mol. The van der Waals surface area contributed by atoms with E-state index in [0.29, 0.717) is 42.1 Å². The molecule has 0 radical (unpaired) electrons. The van der Waals surface area contributed by atoms with E-state index in [4.69, 9.17) is 11.6 Å². The lowest BCUT2D eigenvalue weighted by Crippen LogP contribution is -2.46. The molecule has 8 heteroatoms. The molecule has 0 atom stereocenters. The fraction of sp³-hybridized carbons (Fsp3) is 0.333. The van der Waals surface area contributed by atoms with Crippen molar-refractivity contribution < 1.29 is 9.59 Å². The highest BCUT2D eigenvalue weighted by atomic mass is 35.5. The van der Waals surface area contributed by atoms with Crippen LogP contribution in [0.1, 0.15) is 59.0 Å². The summed E-state index contributed by atoms with van der Waals surface area (Å²) in [7, 11) is 0. The number of likely N-dealkylation sites (tertiary alicyclic amines) is 1. The normalized spacial score (nSPS) is 14.6. The number of piperidine rings is 1. The number of carbonyl (C=O) groups is 2. The lowest BCUT2D eigenvalue weighted by molar-refractivity contribution is 0.0698. The summed E-state index contributed by atoms with van der Waals surface area (Å²) in [4.78, 5) is 31.5. The van der Waals surface area contributed by atoms with Gasteiger partial charge in [-0.25, -0.2) is 4.68 Å². The number of hydrogen-bond acceptors (Lipinski definition) is 4. The van der Waals surface area contributed by atoms with E-state index in [2.05, 4.69) is 15.4 Å². The summed E-state index contributed by atoms with van der Waals surface area (Å²) in [6.07, 6.45) is 6.30. The molecule has 1 N–H and O–H groups in total. The molecule has 1 aliphatic heterocycles. The van der Waals surface area contributed by atoms with Crippen LogP contribution in [0.4, 0.5) is 0 Å². The third-order valence-electron chi connectivity index (χ3n) is 5.71. The van der Waals surface area contributed by atoms with Crippen LogP contribution in [0.5, 0.6) is 0 Å². The highest BCUT2D eigenvalue weighted by molar-refractivity contribution is 6.30. The van der Waals surface area contributed by atoms with Gasteiger partial charge in [0, 0.05) is 42.1 Å². The average Bonchev–Trinajstić information content (AvgIpc) is 3.26. The van der Waals surface area contributed by atoms with E-state index in [1.54, 1.807) is 35.4 Å². The van der Waals surface area contributed by atoms with Gasteiger partial charge in [0.25, 0.3) is 11.8 Å². The van der Waals surface area contributed by atoms with Gasteiger partial charge >= 0.3 is 0 Å². The molecule has 0 aliphatic carbocycles. The van der Waals surface area contributed by atoms with Crippen molar-refractivity contribution in [2.45, 2.75) is 38.6 Å². The molecule has 3 aromatic rings. The fourth-order valence-electron chi connectivity index (χ4n) is 4.04. The minimum absolute atomic E-state index is 0.00325. The lowest BCUT2D eigenvalue weighted by atomic mass is 10.0. The number of halogens is 1. The van der Waals surface area contributed by atoms with E-state index >= 15 is 0 Å². The predicted molar refractivity (Wildman–Crippen MR) is 123 cm³/mol. The first kappa shape index (κ1) is 22.0. The number of nitrogens with one attached hydrogen (secondary N) is 1. The second kappa shape index (κ2) is 9.53. The van der Waals surface area contributed by atoms with Crippen LogP contribution in [0.3, 0.4) is 0 Å². The number of hydrogen-bond donors (Lipinski definition) is 1. The van der Waals surface area contributed by atoms with Crippen LogP contribution in [0.25, 0.3) is 5.69 Å². The number of pyridine rings is 1. The Balaban J connectivity index is 1.42. The molecule has 3 heterocycles. The number of nitrogens with zero attached hydrogens (tertiary/aromatic N) is 4. The maximum Gasteiger partial charge on any atom is 0.255 e. The zero-order valence-electron chi connectivity index (χ0n) is 18.2. The Morgan fingerprint density at radius 1 is 1.06 bits per heavy atom. The minimum atomic E-state index is -0.132. The Kier molecular flexibility index (Phi) is 6.55. The lowest BCUT2D eigenvalue weighted by Gasteiger charge is -2.32. The van der Waals surface area contributed by atoms with Gasteiger partial charge in [-0.05, 0) is 55.2 Å². The molecule has 0 saturated carbocycles. The van der Waals surface area contributed by atoms with Crippen LogP contribution in [-0.4, -0.2) is 50.6 Å². The Hall–Kier alpha value is -3.19. The minimum Gasteiger partial charge on any atom is -0.349 e. The van der Waals surface area contributed by atoms with Crippen molar-refractivity contribution in [2.75, 3.05) is 13.1 Å². The Bertz CT molecular complexity index is 1090. The molecule has 4 rings (SSSR count). The summed E-state index contributed by atoms with van der Waals surface area (Å²) in [5, 5.41) is 8.27. The molecule has 7 nitrogen and oxygen atoms in total. The Morgan fingerprint density at radius 2 is 1.72 bits per heavy atom. The summed E-state index contributed by atoms with van der Waals surface area (Å²) in [6, 6.07) is 10.9. The maximum atomic E-state index is 13.1. The van der Waals surface area contributed by atoms with Crippen molar-refractivity contribution in [3.63, 3.8) is 0 Å². The number of amides is 2. The van der Waals surface area contributed by atoms with Gasteiger partial charge in [0.15, 0.2) is 0 Å². The smallest absolute Gasteiger partial charge is 0.255 e. The van der Waals surface area contributed by atoms with Gasteiger partial charge in [-0.2, -0.15) is 5.10 Å². The first-order valence-electron chi connectivity index (χ1n) is 10.8. The van der Waals surface area contributed by atoms with Crippen LogP contribution >= 0.6 is 11.6 Å². The molecule has 2 amide bonds. The first-order valence-corrected chi connectivity index (χ1v) is 11.2. The maximum absolute atomic E-state index is 13.1. The number of aromatic nitrogens is 3. The van der Waals surface area contributed by atoms with Crippen LogP contribution in [-0.2, 0) is 0 Å². The zero-order valence-corrected chi connectivity index (χ0v) is 18.9. The molecular weight excluding hydrogens is 426 g/mol. The molecule has 1 aliphatic rings. The second-order valence-corrected chi connectivity index (χ2v) is 8.70. The van der Waals surface area contributed by atoms with Crippen LogP contribution in [0.2, 0.25) is 5.02 Å². The third-order valence-corrected chi connectivity index (χ3v) is 5.97. The quantitative estimate of drug-likeness (QED) is 0.633. The second-order valence-electron chi connectivity index (χ2n) is 8.26. The molecule has 0 unspecified atom stereocenters. The topological polar surface area (TPSA) is 80.1 Å². The summed E-state index contributed by atoms with van der Waals surface area (Å²) in [5.41, 5.74) is 2.93. The standard InChI is InChI=1S/C24H26ClN5O2/c1-16(2)22-21(15-27-30(22)20-5-3-18(25)4-6-20)23(31)28-19-9-13-29(14-10-19)24(32)17-7-11-26-12-8-17/h3-8,11-12,15-16,19H,9-10,13-14H2,1-2H3,(H,28,31). The summed E-state index contributed by atoms with van der Waals surface area (Å²) >= 11 is 6.01. The van der Waals surface area contributed by atoms with Crippen LogP contribution < -0.4 is 5.32 Å². The van der Waals surface area contributed by atoms with Gasteiger partial charge in [-0.15, -0.1) is 0 Å². The van der Waals surface area contributed by atoms with E-state index in [1.165, 1.54) is 0 Å². The van der Waals surface area contributed by atoms with Gasteiger partial charge in [0.05, 0.1) is 23.1 Å². The summed E-state index contributed by atoms with van der Waals surface area (Å²) < 4.78 is 1.80. The van der Waals surface area contributed by atoms with E-state index in [0.717, 1.165) is 11.4 Å². The van der Waals surface area contributed by atoms with Crippen molar-refractivity contribution in [3.05, 3.63) is 76.8 Å². The predicted octanol–water partition coefficient (Wildman–Crippen LogP) is 4.08. The molecule has 1 saturated heterocycles. The van der Waals surface area contributed by atoms with E-state index < -0.39 is 0 Å². The van der Waals surface area contributed by atoms with E-state index in [1.807, 2.05) is 43.0 Å². The molecular formula is C24H26ClN5O2. The number of rotatable bonds is 5. The molecule has 166 valence electrons. The molecule has 2 aromatic heterocycles. The van der Waals surface area contributed by atoms with Crippen LogP contribution in [0, 0.1) is 0 Å². The van der Waals surface area contributed by atoms with Gasteiger partial charge in [-0.1, -0.05) is 25.4 Å². The van der Waals surface area contributed by atoms with E-state index in [9.17, 15) is 9.59 Å². The summed E-state index contributed by atoms with van der Waals surface area (Å²) in [5.74, 6) is -0.0231. The van der Waals surface area contributed by atoms with Crippen molar-refractivity contribution in [1.82, 2.24) is 25.0 Å². The molecule has 1 aromatic carbocycles. The van der Waals surface area contributed by atoms with Crippen molar-refractivity contribution in [3.8, 4) is 5.69 Å². The molecule has 0 spiro atoms. The zero-order chi connectivity index (χ0) is 22.7. The Labute approximate surface area is 192 Å². The Morgan fingerprint density at radius 3 is 2.34 bits per heavy atom. The van der Waals surface area contributed by atoms with Gasteiger partial charge in [-0.3, -0.25) is 14.6 Å². The molecule has 32 heavy (non-hydrogen) atoms. The number of carbonyl (C=O) groups excluding carboxylic acids is 2. The number of benzene rings is 1. The van der Waals surface area contributed by atoms with Crippen LogP contribution in [0.15, 0.2) is 55.0 Å². The monoisotopic (exact) mass is 451 g/mol. The highest BCUT2D eigenvalue weighted by Crippen LogP contribution is 2.24. The third kappa shape index (κ3) is 4.67. The summed E-state index contributed by atoms with van der Waals surface area (Å²) in [6.45, 7) is 5.30.